The van der Waals surface area contributed by atoms with Gasteiger partial charge in [-0.2, -0.15) is 0 Å². The predicted molar refractivity (Wildman–Crippen MR) is 121 cm³/mol. The van der Waals surface area contributed by atoms with E-state index in [1.54, 1.807) is 6.07 Å². The van der Waals surface area contributed by atoms with Gasteiger partial charge < -0.3 is 20.8 Å². The molecule has 1 amide bonds. The second-order valence-electron chi connectivity index (χ2n) is 8.84. The van der Waals surface area contributed by atoms with E-state index < -0.39 is 36.0 Å². The van der Waals surface area contributed by atoms with Crippen LogP contribution in [-0.4, -0.2) is 52.2 Å². The molecule has 0 spiro atoms. The fourth-order valence-electron chi connectivity index (χ4n) is 3.83. The lowest BCUT2D eigenvalue weighted by Gasteiger charge is -2.41. The van der Waals surface area contributed by atoms with Crippen molar-refractivity contribution in [2.45, 2.75) is 60.0 Å². The van der Waals surface area contributed by atoms with Crippen LogP contribution in [0.2, 0.25) is 0 Å². The van der Waals surface area contributed by atoms with Crippen molar-refractivity contribution in [2.75, 3.05) is 13.2 Å². The summed E-state index contributed by atoms with van der Waals surface area (Å²) in [5, 5.41) is 18.6. The summed E-state index contributed by atoms with van der Waals surface area (Å²) in [6.45, 7) is 10.9. The van der Waals surface area contributed by atoms with Crippen molar-refractivity contribution in [3.63, 3.8) is 0 Å². The topological polar surface area (TPSA) is 104 Å². The number of hydrogen-bond donors (Lipinski definition) is 3. The second-order valence-corrected chi connectivity index (χ2v) is 8.84. The summed E-state index contributed by atoms with van der Waals surface area (Å²) in [6, 6.07) is 3.06. The number of carboxylic acid groups (broad SMARTS) is 1. The Kier molecular flexibility index (Phi) is 9.59. The van der Waals surface area contributed by atoms with E-state index in [4.69, 9.17) is 10.8 Å². The van der Waals surface area contributed by atoms with E-state index in [1.165, 1.54) is 17.0 Å². The summed E-state index contributed by atoms with van der Waals surface area (Å²) in [5.41, 5.74) is 8.53. The van der Waals surface area contributed by atoms with E-state index in [9.17, 15) is 19.1 Å². The maximum absolute atomic E-state index is 13.9. The minimum atomic E-state index is -1.14. The lowest BCUT2D eigenvalue weighted by atomic mass is 9.80. The number of aliphatic hydroxyl groups is 1. The number of carbonyl (C=O) groups excluding carboxylic acids is 1. The van der Waals surface area contributed by atoms with E-state index in [0.717, 1.165) is 22.3 Å². The van der Waals surface area contributed by atoms with Gasteiger partial charge in [0, 0.05) is 6.54 Å². The molecule has 1 aromatic rings. The highest BCUT2D eigenvalue weighted by Crippen LogP contribution is 2.33. The summed E-state index contributed by atoms with van der Waals surface area (Å²) < 4.78 is 13.9. The Bertz CT molecular complexity index is 856. The molecular weight excluding hydrogens is 399 g/mol. The largest absolute Gasteiger partial charge is 0.480 e. The SMILES string of the molecule is C/C=C(\C=C(/C)[C@H](N(CC[C@H](N)C(=O)O)C(=O)CO)C(C)(C)C)c1cc(F)ccc1C. The first-order valence-corrected chi connectivity index (χ1v) is 10.3. The van der Waals surface area contributed by atoms with Gasteiger partial charge in [-0.05, 0) is 67.0 Å². The van der Waals surface area contributed by atoms with Gasteiger partial charge in [-0.1, -0.05) is 39.0 Å². The molecule has 31 heavy (non-hydrogen) atoms. The van der Waals surface area contributed by atoms with E-state index in [0.29, 0.717) is 0 Å². The van der Waals surface area contributed by atoms with Crippen LogP contribution in [0.15, 0.2) is 35.9 Å². The second kappa shape index (κ2) is 11.2. The molecule has 0 radical (unpaired) electrons. The number of aliphatic hydroxyl groups excluding tert-OH is 1. The summed E-state index contributed by atoms with van der Waals surface area (Å²) in [7, 11) is 0. The number of nitrogens with zero attached hydrogens (tertiary/aromatic N) is 1. The van der Waals surface area contributed by atoms with Crippen molar-refractivity contribution in [1.29, 1.82) is 0 Å². The third-order valence-corrected chi connectivity index (χ3v) is 5.22. The first kappa shape index (κ1) is 26.5. The molecule has 0 bridgehead atoms. The molecule has 0 unspecified atom stereocenters. The highest BCUT2D eigenvalue weighted by Gasteiger charge is 2.35. The first-order valence-electron chi connectivity index (χ1n) is 10.3. The van der Waals surface area contributed by atoms with Crippen LogP contribution >= 0.6 is 0 Å². The Morgan fingerprint density at radius 3 is 2.39 bits per heavy atom. The van der Waals surface area contributed by atoms with Gasteiger partial charge in [0.05, 0.1) is 6.04 Å². The molecule has 0 aromatic heterocycles. The van der Waals surface area contributed by atoms with Crippen LogP contribution in [0, 0.1) is 18.2 Å². The van der Waals surface area contributed by atoms with Gasteiger partial charge in [0.2, 0.25) is 5.91 Å². The number of halogens is 1. The molecule has 0 aliphatic carbocycles. The smallest absolute Gasteiger partial charge is 0.320 e. The molecule has 1 aromatic carbocycles. The monoisotopic (exact) mass is 434 g/mol. The summed E-state index contributed by atoms with van der Waals surface area (Å²) >= 11 is 0. The Hall–Kier alpha value is -2.51. The Labute approximate surface area is 184 Å². The number of carbonyl (C=O) groups is 2. The number of amides is 1. The predicted octanol–water partition coefficient (Wildman–Crippen LogP) is 3.52. The summed E-state index contributed by atoms with van der Waals surface area (Å²) in [5.74, 6) is -1.99. The Morgan fingerprint density at radius 1 is 1.29 bits per heavy atom. The number of aryl methyl sites for hydroxylation is 1. The van der Waals surface area contributed by atoms with Crippen LogP contribution < -0.4 is 5.73 Å². The number of carboxylic acids is 1. The number of benzene rings is 1. The van der Waals surface area contributed by atoms with Crippen molar-refractivity contribution in [3.05, 3.63) is 52.9 Å². The van der Waals surface area contributed by atoms with E-state index >= 15 is 0 Å². The van der Waals surface area contributed by atoms with Crippen molar-refractivity contribution in [2.24, 2.45) is 11.1 Å². The van der Waals surface area contributed by atoms with Crippen molar-refractivity contribution >= 4 is 17.4 Å². The van der Waals surface area contributed by atoms with Gasteiger partial charge in [-0.3, -0.25) is 9.59 Å². The van der Waals surface area contributed by atoms with Gasteiger partial charge in [-0.25, -0.2) is 4.39 Å². The molecule has 172 valence electrons. The molecule has 0 heterocycles. The fraction of sp³-hybridized carbons (Fsp3) is 0.500. The number of allylic oxidation sites excluding steroid dienone is 3. The molecule has 0 saturated heterocycles. The number of rotatable bonds is 9. The average molecular weight is 435 g/mol. The highest BCUT2D eigenvalue weighted by molar-refractivity contribution is 5.80. The van der Waals surface area contributed by atoms with Crippen LogP contribution in [-0.2, 0) is 9.59 Å². The maximum Gasteiger partial charge on any atom is 0.320 e. The van der Waals surface area contributed by atoms with Gasteiger partial charge in [-0.15, -0.1) is 0 Å². The molecule has 4 N–H and O–H groups in total. The molecule has 0 saturated carbocycles. The van der Waals surface area contributed by atoms with Gasteiger partial charge in [0.25, 0.3) is 0 Å². The quantitative estimate of drug-likeness (QED) is 0.516. The van der Waals surface area contributed by atoms with Crippen LogP contribution in [0.1, 0.15) is 52.2 Å². The normalized spacial score (nSPS) is 14.9. The van der Waals surface area contributed by atoms with Crippen molar-refractivity contribution < 1.29 is 24.2 Å². The molecule has 7 heteroatoms. The number of hydrogen-bond acceptors (Lipinski definition) is 4. The van der Waals surface area contributed by atoms with E-state index in [1.807, 2.05) is 53.7 Å². The summed E-state index contributed by atoms with van der Waals surface area (Å²) in [6.07, 6.45) is 3.84. The van der Waals surface area contributed by atoms with Crippen LogP contribution in [0.25, 0.3) is 5.57 Å². The minimum Gasteiger partial charge on any atom is -0.480 e. The van der Waals surface area contributed by atoms with E-state index in [-0.39, 0.29) is 18.8 Å². The zero-order valence-electron chi connectivity index (χ0n) is 19.3. The molecule has 2 atom stereocenters. The fourth-order valence-corrected chi connectivity index (χ4v) is 3.83. The third-order valence-electron chi connectivity index (χ3n) is 5.22. The molecular formula is C24H35FN2O4. The van der Waals surface area contributed by atoms with Crippen molar-refractivity contribution in [1.82, 2.24) is 4.90 Å². The van der Waals surface area contributed by atoms with E-state index in [2.05, 4.69) is 0 Å². The maximum atomic E-state index is 13.9. The van der Waals surface area contributed by atoms with Crippen LogP contribution in [0.3, 0.4) is 0 Å². The van der Waals surface area contributed by atoms with Crippen LogP contribution in [0.5, 0.6) is 0 Å². The third kappa shape index (κ3) is 7.29. The zero-order chi connectivity index (χ0) is 23.9. The lowest BCUT2D eigenvalue weighted by Crippen LogP contribution is -2.51. The van der Waals surface area contributed by atoms with Gasteiger partial charge in [0.1, 0.15) is 18.5 Å². The number of nitrogens with two attached hydrogens (primary N) is 1. The highest BCUT2D eigenvalue weighted by atomic mass is 19.1. The lowest BCUT2D eigenvalue weighted by molar-refractivity contribution is -0.141. The number of aliphatic carboxylic acids is 1. The average Bonchev–Trinajstić information content (AvgIpc) is 2.68. The van der Waals surface area contributed by atoms with Gasteiger partial charge >= 0.3 is 5.97 Å². The Morgan fingerprint density at radius 2 is 1.90 bits per heavy atom. The summed E-state index contributed by atoms with van der Waals surface area (Å²) in [4.78, 5) is 25.2. The molecule has 6 nitrogen and oxygen atoms in total. The molecule has 0 aliphatic heterocycles. The standard InChI is InChI=1S/C24H35FN2O4/c1-7-17(19-13-18(25)9-8-15(19)2)12-16(3)22(24(4,5)6)27(21(29)14-28)11-10-20(26)23(30)31/h7-9,12-13,20,22,28H,10-11,14,26H2,1-6H3,(H,30,31)/b16-12+,17-7+/t20-,22-/m0/s1. The zero-order valence-corrected chi connectivity index (χ0v) is 19.3. The minimum absolute atomic E-state index is 0.0560. The molecule has 0 fully saturated rings. The Balaban J connectivity index is 3.44. The van der Waals surface area contributed by atoms with Crippen LogP contribution in [0.4, 0.5) is 4.39 Å². The van der Waals surface area contributed by atoms with Gasteiger partial charge in [0.15, 0.2) is 0 Å². The van der Waals surface area contributed by atoms with Crippen molar-refractivity contribution in [3.8, 4) is 0 Å². The molecule has 0 aliphatic rings. The molecule has 1 rings (SSSR count). The first-order chi connectivity index (χ1) is 14.3.